The normalized spacial score (nSPS) is 10.4. The minimum absolute atomic E-state index is 0.173. The summed E-state index contributed by atoms with van der Waals surface area (Å²) in [6, 6.07) is 3.34. The molecule has 0 spiro atoms. The Bertz CT molecular complexity index is 406. The van der Waals surface area contributed by atoms with Crippen LogP contribution in [0.3, 0.4) is 0 Å². The number of amides is 1. The van der Waals surface area contributed by atoms with Crippen molar-refractivity contribution in [3.05, 3.63) is 26.7 Å². The molecular formula is C11H13BrCl2N2O2. The zero-order valence-corrected chi connectivity index (χ0v) is 12.8. The second-order valence-corrected chi connectivity index (χ2v) is 5.19. The standard InChI is InChI=1S/C11H13BrCl2N2O2/c1-18-3-2-15-6-10(17)16-11-8(13)4-7(12)5-9(11)14/h4-5,15H,2-3,6H2,1H3,(H,16,17). The van der Waals surface area contributed by atoms with Gasteiger partial charge in [-0.2, -0.15) is 0 Å². The van der Waals surface area contributed by atoms with Crippen LogP contribution in [0.4, 0.5) is 5.69 Å². The highest BCUT2D eigenvalue weighted by Gasteiger charge is 2.10. The lowest BCUT2D eigenvalue weighted by Gasteiger charge is -2.10. The number of hydrogen-bond donors (Lipinski definition) is 2. The lowest BCUT2D eigenvalue weighted by Crippen LogP contribution is -2.30. The fraction of sp³-hybridized carbons (Fsp3) is 0.364. The van der Waals surface area contributed by atoms with Crippen molar-refractivity contribution in [2.75, 3.05) is 32.1 Å². The first-order valence-corrected chi connectivity index (χ1v) is 6.73. The van der Waals surface area contributed by atoms with E-state index >= 15 is 0 Å². The SMILES string of the molecule is COCCNCC(=O)Nc1c(Cl)cc(Br)cc1Cl. The molecule has 0 atom stereocenters. The number of benzene rings is 1. The Hall–Kier alpha value is -0.330. The van der Waals surface area contributed by atoms with E-state index in [0.29, 0.717) is 28.9 Å². The Morgan fingerprint density at radius 2 is 2.00 bits per heavy atom. The maximum atomic E-state index is 11.6. The summed E-state index contributed by atoms with van der Waals surface area (Å²) in [4.78, 5) is 11.6. The highest BCUT2D eigenvalue weighted by atomic mass is 79.9. The molecule has 0 bridgehead atoms. The topological polar surface area (TPSA) is 50.4 Å². The number of carbonyl (C=O) groups is 1. The second kappa shape index (κ2) is 7.96. The number of carbonyl (C=O) groups excluding carboxylic acids is 1. The van der Waals surface area contributed by atoms with E-state index in [1.54, 1.807) is 19.2 Å². The van der Waals surface area contributed by atoms with Gasteiger partial charge in [-0.25, -0.2) is 0 Å². The monoisotopic (exact) mass is 354 g/mol. The van der Waals surface area contributed by atoms with Gasteiger partial charge in [-0.3, -0.25) is 4.79 Å². The van der Waals surface area contributed by atoms with E-state index in [0.717, 1.165) is 4.47 Å². The van der Waals surface area contributed by atoms with Gasteiger partial charge in [-0.1, -0.05) is 39.1 Å². The number of methoxy groups -OCH3 is 1. The summed E-state index contributed by atoms with van der Waals surface area (Å²) in [5, 5.41) is 6.36. The summed E-state index contributed by atoms with van der Waals surface area (Å²) in [5.74, 6) is -0.211. The predicted molar refractivity (Wildman–Crippen MR) is 77.5 cm³/mol. The van der Waals surface area contributed by atoms with E-state index in [-0.39, 0.29) is 12.5 Å². The molecule has 0 saturated heterocycles. The smallest absolute Gasteiger partial charge is 0.238 e. The molecule has 0 aliphatic heterocycles. The molecule has 0 aliphatic carbocycles. The highest BCUT2D eigenvalue weighted by Crippen LogP contribution is 2.33. The van der Waals surface area contributed by atoms with Gasteiger partial charge in [0.25, 0.3) is 0 Å². The van der Waals surface area contributed by atoms with Crippen molar-refractivity contribution in [3.63, 3.8) is 0 Å². The van der Waals surface area contributed by atoms with Crippen molar-refractivity contribution in [2.24, 2.45) is 0 Å². The van der Waals surface area contributed by atoms with Gasteiger partial charge in [-0.15, -0.1) is 0 Å². The molecule has 100 valence electrons. The van der Waals surface area contributed by atoms with Crippen LogP contribution >= 0.6 is 39.1 Å². The Morgan fingerprint density at radius 1 is 1.39 bits per heavy atom. The van der Waals surface area contributed by atoms with Crippen molar-refractivity contribution in [2.45, 2.75) is 0 Å². The minimum atomic E-state index is -0.211. The molecule has 0 heterocycles. The number of rotatable bonds is 6. The molecule has 1 aromatic carbocycles. The molecule has 4 nitrogen and oxygen atoms in total. The number of ether oxygens (including phenoxy) is 1. The van der Waals surface area contributed by atoms with Crippen molar-refractivity contribution >= 4 is 50.7 Å². The van der Waals surface area contributed by atoms with Crippen LogP contribution in [0, 0.1) is 0 Å². The van der Waals surface area contributed by atoms with E-state index in [1.807, 2.05) is 0 Å². The number of halogens is 3. The van der Waals surface area contributed by atoms with Crippen molar-refractivity contribution in [3.8, 4) is 0 Å². The van der Waals surface area contributed by atoms with Crippen LogP contribution in [0.5, 0.6) is 0 Å². The zero-order chi connectivity index (χ0) is 13.5. The molecule has 0 aliphatic rings. The summed E-state index contributed by atoms with van der Waals surface area (Å²) < 4.78 is 5.61. The van der Waals surface area contributed by atoms with Gasteiger partial charge in [-0.05, 0) is 12.1 Å². The summed E-state index contributed by atoms with van der Waals surface area (Å²) in [6.07, 6.45) is 0. The lowest BCUT2D eigenvalue weighted by atomic mass is 10.3. The van der Waals surface area contributed by atoms with Gasteiger partial charge >= 0.3 is 0 Å². The largest absolute Gasteiger partial charge is 0.383 e. The first-order valence-electron chi connectivity index (χ1n) is 5.18. The fourth-order valence-corrected chi connectivity index (χ4v) is 2.52. The fourth-order valence-electron chi connectivity index (χ4n) is 1.22. The van der Waals surface area contributed by atoms with Crippen LogP contribution < -0.4 is 10.6 Å². The number of hydrogen-bond acceptors (Lipinski definition) is 3. The molecule has 1 amide bonds. The second-order valence-electron chi connectivity index (χ2n) is 3.46. The Labute approximate surface area is 124 Å². The molecular weight excluding hydrogens is 343 g/mol. The van der Waals surface area contributed by atoms with Crippen LogP contribution in [-0.2, 0) is 9.53 Å². The van der Waals surface area contributed by atoms with E-state index in [4.69, 9.17) is 27.9 Å². The van der Waals surface area contributed by atoms with Gasteiger partial charge in [0, 0.05) is 18.1 Å². The van der Waals surface area contributed by atoms with Gasteiger partial charge in [0.05, 0.1) is 28.9 Å². The molecule has 0 aromatic heterocycles. The summed E-state index contributed by atoms with van der Waals surface area (Å²) >= 11 is 15.3. The molecule has 0 radical (unpaired) electrons. The maximum Gasteiger partial charge on any atom is 0.238 e. The molecule has 1 aromatic rings. The van der Waals surface area contributed by atoms with Crippen molar-refractivity contribution in [1.82, 2.24) is 5.32 Å². The molecule has 18 heavy (non-hydrogen) atoms. The molecule has 0 saturated carbocycles. The Kier molecular flexibility index (Phi) is 6.96. The van der Waals surface area contributed by atoms with Gasteiger partial charge in [0.2, 0.25) is 5.91 Å². The Balaban J connectivity index is 2.54. The van der Waals surface area contributed by atoms with E-state index < -0.39 is 0 Å². The summed E-state index contributed by atoms with van der Waals surface area (Å²) in [6.45, 7) is 1.32. The van der Waals surface area contributed by atoms with Crippen LogP contribution in [0.15, 0.2) is 16.6 Å². The van der Waals surface area contributed by atoms with E-state index in [2.05, 4.69) is 26.6 Å². The lowest BCUT2D eigenvalue weighted by molar-refractivity contribution is -0.115. The van der Waals surface area contributed by atoms with Crippen LogP contribution in [0.25, 0.3) is 0 Å². The third kappa shape index (κ3) is 5.12. The number of nitrogens with one attached hydrogen (secondary N) is 2. The van der Waals surface area contributed by atoms with Gasteiger partial charge < -0.3 is 15.4 Å². The quantitative estimate of drug-likeness (QED) is 0.771. The van der Waals surface area contributed by atoms with E-state index in [9.17, 15) is 4.79 Å². The van der Waals surface area contributed by atoms with Crippen molar-refractivity contribution in [1.29, 1.82) is 0 Å². The van der Waals surface area contributed by atoms with Gasteiger partial charge in [0.1, 0.15) is 0 Å². The average Bonchev–Trinajstić information content (AvgIpc) is 2.29. The number of anilines is 1. The minimum Gasteiger partial charge on any atom is -0.383 e. The first kappa shape index (κ1) is 15.7. The summed E-state index contributed by atoms with van der Waals surface area (Å²) in [5.41, 5.74) is 0.417. The van der Waals surface area contributed by atoms with Crippen molar-refractivity contribution < 1.29 is 9.53 Å². The van der Waals surface area contributed by atoms with Crippen LogP contribution in [0.2, 0.25) is 10.0 Å². The molecule has 1 rings (SSSR count). The average molecular weight is 356 g/mol. The van der Waals surface area contributed by atoms with Gasteiger partial charge in [0.15, 0.2) is 0 Å². The molecule has 7 heteroatoms. The Morgan fingerprint density at radius 3 is 2.56 bits per heavy atom. The maximum absolute atomic E-state index is 11.6. The first-order chi connectivity index (χ1) is 8.54. The van der Waals surface area contributed by atoms with E-state index in [1.165, 1.54) is 0 Å². The third-order valence-electron chi connectivity index (χ3n) is 2.04. The molecule has 0 unspecified atom stereocenters. The summed E-state index contributed by atoms with van der Waals surface area (Å²) in [7, 11) is 1.60. The molecule has 0 fully saturated rings. The van der Waals surface area contributed by atoms with Crippen LogP contribution in [-0.4, -0.2) is 32.7 Å². The predicted octanol–water partition coefficient (Wildman–Crippen LogP) is 2.93. The molecule has 2 N–H and O–H groups in total. The zero-order valence-electron chi connectivity index (χ0n) is 9.73. The van der Waals surface area contributed by atoms with Crippen LogP contribution in [0.1, 0.15) is 0 Å². The highest BCUT2D eigenvalue weighted by molar-refractivity contribution is 9.10. The third-order valence-corrected chi connectivity index (χ3v) is 3.09.